The first-order valence-electron chi connectivity index (χ1n) is 12.2. The summed E-state index contributed by atoms with van der Waals surface area (Å²) in [7, 11) is -1.75. The Morgan fingerprint density at radius 3 is 2.31 bits per heavy atom. The third-order valence-electron chi connectivity index (χ3n) is 8.42. The van der Waals surface area contributed by atoms with Gasteiger partial charge in [-0.25, -0.2) is 0 Å². The number of benzene rings is 2. The molecule has 0 N–H and O–H groups in total. The highest BCUT2D eigenvalue weighted by molar-refractivity contribution is 6.74. The third-order valence-corrected chi connectivity index (χ3v) is 12.9. The number of rotatable bonds is 6. The molecule has 2 aromatic rings. The second kappa shape index (κ2) is 8.83. The molecule has 0 heterocycles. The first-order valence-corrected chi connectivity index (χ1v) is 15.1. The molecule has 4 rings (SSSR count). The van der Waals surface area contributed by atoms with Crippen LogP contribution in [0.25, 0.3) is 5.57 Å². The monoisotopic (exact) mass is 448 g/mol. The fraction of sp³-hybridized carbons (Fsp3) is 0.517. The van der Waals surface area contributed by atoms with Gasteiger partial charge in [-0.15, -0.1) is 0 Å². The second-order valence-corrected chi connectivity index (χ2v) is 16.3. The molecular formula is C29H40O2Si. The maximum Gasteiger partial charge on any atom is 0.192 e. The molecule has 0 radical (unpaired) electrons. The van der Waals surface area contributed by atoms with Crippen LogP contribution in [0.4, 0.5) is 0 Å². The standard InChI is InChI=1S/C29H40O2Si/c1-28(2,3)32(5,6)31-27-17-14-25-20-24(18-19-29(25,27)4)23-12-15-26(16-13-23)30-21-22-10-8-7-9-11-22/h7-13,15-16,18,25,27H,14,17,19-21H2,1-6H3/t25-,27-,29-/m0/s1. The second-order valence-electron chi connectivity index (χ2n) is 11.6. The molecule has 1 fully saturated rings. The van der Waals surface area contributed by atoms with Crippen molar-refractivity contribution in [3.8, 4) is 5.75 Å². The van der Waals surface area contributed by atoms with E-state index in [1.807, 2.05) is 6.07 Å². The van der Waals surface area contributed by atoms with E-state index >= 15 is 0 Å². The van der Waals surface area contributed by atoms with Crippen LogP contribution in [0.2, 0.25) is 18.1 Å². The van der Waals surface area contributed by atoms with Crippen molar-refractivity contribution >= 4 is 13.9 Å². The maximum absolute atomic E-state index is 6.95. The van der Waals surface area contributed by atoms with Crippen LogP contribution in [0.3, 0.4) is 0 Å². The van der Waals surface area contributed by atoms with Crippen LogP contribution in [-0.2, 0) is 11.0 Å². The Kier molecular flexibility index (Phi) is 6.44. The van der Waals surface area contributed by atoms with Crippen LogP contribution in [0, 0.1) is 11.3 Å². The topological polar surface area (TPSA) is 18.5 Å². The molecule has 0 amide bonds. The number of ether oxygens (including phenoxy) is 1. The summed E-state index contributed by atoms with van der Waals surface area (Å²) in [5.74, 6) is 1.65. The normalized spacial score (nSPS) is 25.9. The van der Waals surface area contributed by atoms with Gasteiger partial charge in [0, 0.05) is 0 Å². The molecule has 2 nitrogen and oxygen atoms in total. The average molecular weight is 449 g/mol. The van der Waals surface area contributed by atoms with Gasteiger partial charge in [-0.05, 0) is 84.0 Å². The largest absolute Gasteiger partial charge is 0.489 e. The van der Waals surface area contributed by atoms with Crippen molar-refractivity contribution < 1.29 is 9.16 Å². The van der Waals surface area contributed by atoms with Gasteiger partial charge < -0.3 is 9.16 Å². The van der Waals surface area contributed by atoms with Crippen molar-refractivity contribution in [2.24, 2.45) is 11.3 Å². The lowest BCUT2D eigenvalue weighted by atomic mass is 9.68. The molecule has 2 aromatic carbocycles. The Labute approximate surface area is 196 Å². The van der Waals surface area contributed by atoms with Gasteiger partial charge in [0.25, 0.3) is 0 Å². The van der Waals surface area contributed by atoms with Crippen molar-refractivity contribution in [1.29, 1.82) is 0 Å². The molecule has 2 aliphatic rings. The first kappa shape index (κ1) is 23.3. The van der Waals surface area contributed by atoms with Crippen LogP contribution >= 0.6 is 0 Å². The summed E-state index contributed by atoms with van der Waals surface area (Å²) in [6, 6.07) is 19.0. The van der Waals surface area contributed by atoms with E-state index in [4.69, 9.17) is 9.16 Å². The lowest BCUT2D eigenvalue weighted by Crippen LogP contribution is -2.48. The van der Waals surface area contributed by atoms with Gasteiger partial charge in [0.1, 0.15) is 12.4 Å². The predicted molar refractivity (Wildman–Crippen MR) is 137 cm³/mol. The van der Waals surface area contributed by atoms with E-state index in [0.29, 0.717) is 18.6 Å². The van der Waals surface area contributed by atoms with Crippen molar-refractivity contribution in [2.75, 3.05) is 0 Å². The predicted octanol–water partition coefficient (Wildman–Crippen LogP) is 8.25. The SMILES string of the molecule is CC(C)(C)[Si](C)(C)O[C@H]1CC[C@H]2CC(c3ccc(OCc4ccccc4)cc3)=CC[C@@]21C. The quantitative estimate of drug-likeness (QED) is 0.414. The maximum atomic E-state index is 6.95. The summed E-state index contributed by atoms with van der Waals surface area (Å²) in [6.07, 6.45) is 7.67. The molecule has 0 spiro atoms. The van der Waals surface area contributed by atoms with Gasteiger partial charge in [-0.2, -0.15) is 0 Å². The molecule has 172 valence electrons. The van der Waals surface area contributed by atoms with Crippen LogP contribution in [0.1, 0.15) is 64.5 Å². The third kappa shape index (κ3) is 4.74. The van der Waals surface area contributed by atoms with Gasteiger partial charge in [-0.1, -0.05) is 76.2 Å². The zero-order valence-electron chi connectivity index (χ0n) is 20.8. The first-order chi connectivity index (χ1) is 15.1. The summed E-state index contributed by atoms with van der Waals surface area (Å²) in [5.41, 5.74) is 4.31. The number of allylic oxidation sites excluding steroid dienone is 2. The van der Waals surface area contributed by atoms with E-state index in [1.165, 1.54) is 29.5 Å². The molecule has 0 aliphatic heterocycles. The van der Waals surface area contributed by atoms with Crippen LogP contribution < -0.4 is 4.74 Å². The zero-order valence-corrected chi connectivity index (χ0v) is 21.8. The minimum Gasteiger partial charge on any atom is -0.489 e. The molecular weight excluding hydrogens is 408 g/mol. The highest BCUT2D eigenvalue weighted by Gasteiger charge is 2.51. The number of hydrogen-bond donors (Lipinski definition) is 0. The van der Waals surface area contributed by atoms with Crippen LogP contribution in [0.5, 0.6) is 5.75 Å². The Balaban J connectivity index is 1.41. The summed E-state index contributed by atoms with van der Waals surface area (Å²) >= 11 is 0. The van der Waals surface area contributed by atoms with Crippen molar-refractivity contribution in [2.45, 2.75) is 84.2 Å². The summed E-state index contributed by atoms with van der Waals surface area (Å²) < 4.78 is 12.9. The van der Waals surface area contributed by atoms with Crippen molar-refractivity contribution in [3.63, 3.8) is 0 Å². The Morgan fingerprint density at radius 2 is 1.66 bits per heavy atom. The van der Waals surface area contributed by atoms with Gasteiger partial charge in [0.2, 0.25) is 0 Å². The summed E-state index contributed by atoms with van der Waals surface area (Å²) in [5, 5.41) is 0.265. The van der Waals surface area contributed by atoms with Gasteiger partial charge >= 0.3 is 0 Å². The van der Waals surface area contributed by atoms with E-state index in [-0.39, 0.29) is 10.5 Å². The molecule has 3 heteroatoms. The molecule has 3 atom stereocenters. The van der Waals surface area contributed by atoms with Gasteiger partial charge in [-0.3, -0.25) is 0 Å². The van der Waals surface area contributed by atoms with E-state index in [9.17, 15) is 0 Å². The minimum absolute atomic E-state index is 0.265. The minimum atomic E-state index is -1.75. The van der Waals surface area contributed by atoms with E-state index in [0.717, 1.165) is 18.6 Å². The highest BCUT2D eigenvalue weighted by atomic mass is 28.4. The highest BCUT2D eigenvalue weighted by Crippen LogP contribution is 2.55. The Hall–Kier alpha value is -1.84. The Bertz CT molecular complexity index is 939. The van der Waals surface area contributed by atoms with E-state index < -0.39 is 8.32 Å². The van der Waals surface area contributed by atoms with Gasteiger partial charge in [0.15, 0.2) is 8.32 Å². The fourth-order valence-electron chi connectivity index (χ4n) is 5.07. The smallest absolute Gasteiger partial charge is 0.192 e. The fourth-order valence-corrected chi connectivity index (χ4v) is 6.52. The van der Waals surface area contributed by atoms with E-state index in [2.05, 4.69) is 95.4 Å². The molecule has 0 unspecified atom stereocenters. The van der Waals surface area contributed by atoms with Gasteiger partial charge in [0.05, 0.1) is 6.10 Å². The average Bonchev–Trinajstić information content (AvgIpc) is 3.07. The van der Waals surface area contributed by atoms with Crippen molar-refractivity contribution in [1.82, 2.24) is 0 Å². The lowest BCUT2D eigenvalue weighted by molar-refractivity contribution is 0.0487. The molecule has 0 saturated heterocycles. The molecule has 0 aromatic heterocycles. The Morgan fingerprint density at radius 1 is 0.969 bits per heavy atom. The summed E-state index contributed by atoms with van der Waals surface area (Å²) in [4.78, 5) is 0. The van der Waals surface area contributed by atoms with E-state index in [1.54, 1.807) is 0 Å². The number of hydrogen-bond acceptors (Lipinski definition) is 2. The van der Waals surface area contributed by atoms with Crippen LogP contribution in [0.15, 0.2) is 60.7 Å². The summed E-state index contributed by atoms with van der Waals surface area (Å²) in [6.45, 7) is 14.9. The molecule has 1 saturated carbocycles. The molecule has 32 heavy (non-hydrogen) atoms. The zero-order chi connectivity index (χ0) is 23.0. The number of fused-ring (bicyclic) bond motifs is 1. The van der Waals surface area contributed by atoms with Crippen molar-refractivity contribution in [3.05, 3.63) is 71.8 Å². The lowest BCUT2D eigenvalue weighted by Gasteiger charge is -2.45. The molecule has 2 aliphatic carbocycles. The molecule has 0 bridgehead atoms. The van der Waals surface area contributed by atoms with Crippen LogP contribution in [-0.4, -0.2) is 14.4 Å².